The number of carbonyl (C=O) groups excluding carboxylic acids is 1. The molecule has 0 aliphatic heterocycles. The zero-order chi connectivity index (χ0) is 14.8. The molecule has 21 heavy (non-hydrogen) atoms. The number of rotatable bonds is 3. The number of nitrogens with zero attached hydrogens (tertiary/aromatic N) is 1. The molecule has 0 saturated carbocycles. The Morgan fingerprint density at radius 1 is 0.952 bits per heavy atom. The fourth-order valence-corrected chi connectivity index (χ4v) is 2.52. The van der Waals surface area contributed by atoms with E-state index in [4.69, 9.17) is 0 Å². The Morgan fingerprint density at radius 2 is 1.67 bits per heavy atom. The highest BCUT2D eigenvalue weighted by Gasteiger charge is 2.11. The zero-order valence-corrected chi connectivity index (χ0v) is 11.7. The number of hydrogen-bond acceptors (Lipinski definition) is 2. The Bertz CT molecular complexity index is 878. The van der Waals surface area contributed by atoms with Gasteiger partial charge in [-0.25, -0.2) is 0 Å². The third-order valence-corrected chi connectivity index (χ3v) is 3.65. The lowest BCUT2D eigenvalue weighted by Gasteiger charge is -2.10. The first-order valence-corrected chi connectivity index (χ1v) is 6.84. The molecule has 3 aromatic rings. The van der Waals surface area contributed by atoms with Crippen molar-refractivity contribution in [3.63, 3.8) is 0 Å². The number of aromatic nitrogens is 1. The summed E-state index contributed by atoms with van der Waals surface area (Å²) in [6, 6.07) is 18.3. The summed E-state index contributed by atoms with van der Waals surface area (Å²) in [5.74, 6) is -0.0495. The molecule has 3 nitrogen and oxygen atoms in total. The van der Waals surface area contributed by atoms with Crippen molar-refractivity contribution in [1.82, 2.24) is 4.57 Å². The molecule has 0 saturated heterocycles. The van der Waals surface area contributed by atoms with Crippen molar-refractivity contribution in [3.8, 4) is 0 Å². The van der Waals surface area contributed by atoms with Gasteiger partial charge in [-0.3, -0.25) is 9.59 Å². The van der Waals surface area contributed by atoms with E-state index < -0.39 is 0 Å². The van der Waals surface area contributed by atoms with Gasteiger partial charge in [0, 0.05) is 11.6 Å². The van der Waals surface area contributed by atoms with Gasteiger partial charge in [0.05, 0.1) is 12.1 Å². The first-order valence-electron chi connectivity index (χ1n) is 6.84. The number of Topliss-reactive ketones (excluding diaryl/α,β-unsaturated/α-hetero) is 1. The van der Waals surface area contributed by atoms with Crippen molar-refractivity contribution in [3.05, 3.63) is 82.1 Å². The van der Waals surface area contributed by atoms with Crippen LogP contribution < -0.4 is 5.56 Å². The number of ketones is 1. The molecule has 0 radical (unpaired) electrons. The molecule has 0 bridgehead atoms. The molecule has 0 atom stereocenters. The number of carbonyl (C=O) groups is 1. The molecule has 3 heteroatoms. The van der Waals surface area contributed by atoms with E-state index in [1.54, 1.807) is 12.1 Å². The van der Waals surface area contributed by atoms with E-state index in [2.05, 4.69) is 0 Å². The fourth-order valence-electron chi connectivity index (χ4n) is 2.52. The predicted molar refractivity (Wildman–Crippen MR) is 83.7 cm³/mol. The van der Waals surface area contributed by atoms with Crippen LogP contribution in [0.5, 0.6) is 0 Å². The van der Waals surface area contributed by atoms with Crippen LogP contribution in [0.1, 0.15) is 15.9 Å². The first kappa shape index (κ1) is 13.3. The number of aryl methyl sites for hydroxylation is 1. The normalized spacial score (nSPS) is 10.7. The van der Waals surface area contributed by atoms with Gasteiger partial charge in [0.25, 0.3) is 5.56 Å². The maximum absolute atomic E-state index is 12.5. The van der Waals surface area contributed by atoms with Crippen LogP contribution in [0.4, 0.5) is 0 Å². The summed E-state index contributed by atoms with van der Waals surface area (Å²) in [7, 11) is 0. The van der Waals surface area contributed by atoms with Crippen LogP contribution in [-0.2, 0) is 6.54 Å². The van der Waals surface area contributed by atoms with Crippen molar-refractivity contribution >= 4 is 16.7 Å². The van der Waals surface area contributed by atoms with Crippen molar-refractivity contribution in [2.75, 3.05) is 0 Å². The highest BCUT2D eigenvalue weighted by Crippen LogP contribution is 2.13. The average Bonchev–Trinajstić information content (AvgIpc) is 2.50. The van der Waals surface area contributed by atoms with E-state index in [1.807, 2.05) is 49.4 Å². The van der Waals surface area contributed by atoms with Crippen molar-refractivity contribution in [2.45, 2.75) is 13.5 Å². The summed E-state index contributed by atoms with van der Waals surface area (Å²) >= 11 is 0. The van der Waals surface area contributed by atoms with Gasteiger partial charge in [-0.2, -0.15) is 0 Å². The topological polar surface area (TPSA) is 39.1 Å². The van der Waals surface area contributed by atoms with Crippen LogP contribution in [0.15, 0.2) is 65.5 Å². The minimum absolute atomic E-state index is 0.0495. The summed E-state index contributed by atoms with van der Waals surface area (Å²) in [6.45, 7) is 1.96. The maximum Gasteiger partial charge on any atom is 0.251 e. The number of pyridine rings is 1. The van der Waals surface area contributed by atoms with Crippen LogP contribution in [0.25, 0.3) is 10.9 Å². The van der Waals surface area contributed by atoms with Gasteiger partial charge in [0.15, 0.2) is 5.78 Å². The van der Waals surface area contributed by atoms with Gasteiger partial charge in [-0.15, -0.1) is 0 Å². The Labute approximate surface area is 122 Å². The quantitative estimate of drug-likeness (QED) is 0.690. The number of fused-ring (bicyclic) bond motifs is 1. The summed E-state index contributed by atoms with van der Waals surface area (Å²) in [5.41, 5.74) is 2.22. The van der Waals surface area contributed by atoms with Crippen LogP contribution >= 0.6 is 0 Å². The van der Waals surface area contributed by atoms with Gasteiger partial charge in [-0.1, -0.05) is 42.5 Å². The molecule has 0 aliphatic carbocycles. The second kappa shape index (κ2) is 5.37. The molecule has 0 spiro atoms. The molecule has 0 fully saturated rings. The summed E-state index contributed by atoms with van der Waals surface area (Å²) in [4.78, 5) is 24.6. The molecule has 2 aromatic carbocycles. The highest BCUT2D eigenvalue weighted by atomic mass is 16.1. The Morgan fingerprint density at radius 3 is 2.48 bits per heavy atom. The van der Waals surface area contributed by atoms with Crippen LogP contribution in [0.2, 0.25) is 0 Å². The highest BCUT2D eigenvalue weighted by molar-refractivity contribution is 5.98. The maximum atomic E-state index is 12.5. The molecule has 104 valence electrons. The monoisotopic (exact) mass is 277 g/mol. The predicted octanol–water partition coefficient (Wildman–Crippen LogP) is 3.19. The third kappa shape index (κ3) is 2.50. The Hall–Kier alpha value is -2.68. The zero-order valence-electron chi connectivity index (χ0n) is 11.7. The van der Waals surface area contributed by atoms with E-state index in [1.165, 1.54) is 10.6 Å². The molecule has 0 amide bonds. The molecule has 0 unspecified atom stereocenters. The van der Waals surface area contributed by atoms with Crippen LogP contribution in [0, 0.1) is 6.92 Å². The fraction of sp³-hybridized carbons (Fsp3) is 0.111. The molecule has 0 N–H and O–H groups in total. The van der Waals surface area contributed by atoms with Gasteiger partial charge >= 0.3 is 0 Å². The molecule has 1 heterocycles. The van der Waals surface area contributed by atoms with Crippen LogP contribution in [0.3, 0.4) is 0 Å². The Kier molecular flexibility index (Phi) is 3.40. The number of benzene rings is 2. The van der Waals surface area contributed by atoms with Crippen molar-refractivity contribution < 1.29 is 4.79 Å². The lowest BCUT2D eigenvalue weighted by Crippen LogP contribution is -2.24. The lowest BCUT2D eigenvalue weighted by molar-refractivity contribution is 0.0972. The molecule has 3 rings (SSSR count). The summed E-state index contributed by atoms with van der Waals surface area (Å²) in [5, 5.41) is 0.953. The minimum Gasteiger partial charge on any atom is -0.300 e. The van der Waals surface area contributed by atoms with Gasteiger partial charge in [0.2, 0.25) is 0 Å². The Balaban J connectivity index is 2.06. The smallest absolute Gasteiger partial charge is 0.251 e. The number of hydrogen-bond donors (Lipinski definition) is 0. The van der Waals surface area contributed by atoms with E-state index in [-0.39, 0.29) is 17.9 Å². The first-order chi connectivity index (χ1) is 10.2. The molecular formula is C18H15NO2. The lowest BCUT2D eigenvalue weighted by atomic mass is 10.0. The number of para-hydroxylation sites is 1. The molecule has 0 aliphatic rings. The standard InChI is InChI=1S/C18H15NO2/c1-13-6-2-4-8-15(13)17(20)12-19-16-9-5-3-7-14(16)10-11-18(19)21/h2-11H,12H2,1H3. The SMILES string of the molecule is Cc1ccccc1C(=O)Cn1c(=O)ccc2ccccc21. The third-order valence-electron chi connectivity index (χ3n) is 3.65. The second-order valence-corrected chi connectivity index (χ2v) is 5.05. The average molecular weight is 277 g/mol. The van der Waals surface area contributed by atoms with Gasteiger partial charge in [-0.05, 0) is 30.0 Å². The van der Waals surface area contributed by atoms with Crippen molar-refractivity contribution in [2.24, 2.45) is 0 Å². The van der Waals surface area contributed by atoms with Gasteiger partial charge in [0.1, 0.15) is 0 Å². The molecular weight excluding hydrogens is 262 g/mol. The minimum atomic E-state index is -0.157. The van der Waals surface area contributed by atoms with Gasteiger partial charge < -0.3 is 4.57 Å². The van der Waals surface area contributed by atoms with Crippen molar-refractivity contribution in [1.29, 1.82) is 0 Å². The van der Waals surface area contributed by atoms with E-state index >= 15 is 0 Å². The largest absolute Gasteiger partial charge is 0.300 e. The molecule has 1 aromatic heterocycles. The van der Waals surface area contributed by atoms with E-state index in [9.17, 15) is 9.59 Å². The van der Waals surface area contributed by atoms with E-state index in [0.29, 0.717) is 5.56 Å². The summed E-state index contributed by atoms with van der Waals surface area (Å²) in [6.07, 6.45) is 0. The van der Waals surface area contributed by atoms with E-state index in [0.717, 1.165) is 16.5 Å². The second-order valence-electron chi connectivity index (χ2n) is 5.05. The summed E-state index contributed by atoms with van der Waals surface area (Å²) < 4.78 is 1.53. The van der Waals surface area contributed by atoms with Crippen LogP contribution in [-0.4, -0.2) is 10.4 Å².